The molecule has 2 N–H and O–H groups in total. The molecule has 0 aromatic carbocycles. The van der Waals surface area contributed by atoms with E-state index < -0.39 is 11.5 Å². The van der Waals surface area contributed by atoms with Gasteiger partial charge in [-0.25, -0.2) is 0 Å². The molecule has 3 unspecified atom stereocenters. The molecule has 0 radical (unpaired) electrons. The summed E-state index contributed by atoms with van der Waals surface area (Å²) in [5.41, 5.74) is -0.812. The molecule has 0 heterocycles. The second-order valence-corrected chi connectivity index (χ2v) is 6.75. The van der Waals surface area contributed by atoms with Crippen molar-refractivity contribution in [2.45, 2.75) is 70.9 Å². The van der Waals surface area contributed by atoms with Crippen molar-refractivity contribution in [3.8, 4) is 0 Å². The van der Waals surface area contributed by atoms with Crippen LogP contribution in [-0.4, -0.2) is 36.4 Å². The van der Waals surface area contributed by atoms with Gasteiger partial charge >= 0.3 is 5.97 Å². The van der Waals surface area contributed by atoms with E-state index in [9.17, 15) is 4.79 Å². The number of nitrogens with one attached hydrogen (secondary N) is 1. The molecule has 1 aliphatic carbocycles. The maximum atomic E-state index is 11.1. The van der Waals surface area contributed by atoms with Crippen molar-refractivity contribution in [1.82, 2.24) is 5.32 Å². The first-order valence-corrected chi connectivity index (χ1v) is 7.91. The summed E-state index contributed by atoms with van der Waals surface area (Å²) < 4.78 is 5.96. The van der Waals surface area contributed by atoms with Gasteiger partial charge in [0.25, 0.3) is 0 Å². The van der Waals surface area contributed by atoms with Gasteiger partial charge in [0.05, 0.1) is 6.10 Å². The largest absolute Gasteiger partial charge is 0.480 e. The SMILES string of the molecule is CNC(C)(CCCCOC1CC(C)CC(C)C1)C(=O)O. The number of unbranched alkanes of at least 4 members (excludes halogenated alkanes) is 1. The lowest BCUT2D eigenvalue weighted by molar-refractivity contribution is -0.144. The van der Waals surface area contributed by atoms with Crippen LogP contribution in [0.2, 0.25) is 0 Å². The smallest absolute Gasteiger partial charge is 0.323 e. The third kappa shape index (κ3) is 5.41. The maximum Gasteiger partial charge on any atom is 0.323 e. The van der Waals surface area contributed by atoms with Crippen LogP contribution in [0.5, 0.6) is 0 Å². The van der Waals surface area contributed by atoms with Crippen molar-refractivity contribution < 1.29 is 14.6 Å². The Kier molecular flexibility index (Phi) is 6.96. The molecule has 0 spiro atoms. The van der Waals surface area contributed by atoms with Crippen LogP contribution < -0.4 is 5.32 Å². The molecule has 3 atom stereocenters. The summed E-state index contributed by atoms with van der Waals surface area (Å²) >= 11 is 0. The first kappa shape index (κ1) is 17.4. The van der Waals surface area contributed by atoms with Crippen molar-refractivity contribution in [2.24, 2.45) is 11.8 Å². The van der Waals surface area contributed by atoms with Gasteiger partial charge < -0.3 is 15.2 Å². The molecule has 118 valence electrons. The summed E-state index contributed by atoms with van der Waals surface area (Å²) in [4.78, 5) is 11.1. The van der Waals surface area contributed by atoms with E-state index >= 15 is 0 Å². The lowest BCUT2D eigenvalue weighted by Crippen LogP contribution is -2.47. The van der Waals surface area contributed by atoms with E-state index in [2.05, 4.69) is 19.2 Å². The van der Waals surface area contributed by atoms with E-state index in [-0.39, 0.29) is 0 Å². The molecule has 20 heavy (non-hydrogen) atoms. The van der Waals surface area contributed by atoms with Crippen molar-refractivity contribution in [3.63, 3.8) is 0 Å². The molecule has 4 heteroatoms. The van der Waals surface area contributed by atoms with Gasteiger partial charge in [-0.05, 0) is 64.3 Å². The molecular formula is C16H31NO3. The molecule has 1 fully saturated rings. The Morgan fingerprint density at radius 2 is 1.85 bits per heavy atom. The summed E-state index contributed by atoms with van der Waals surface area (Å²) in [6.07, 6.45) is 6.52. The predicted molar refractivity (Wildman–Crippen MR) is 80.9 cm³/mol. The fourth-order valence-corrected chi connectivity index (χ4v) is 3.18. The van der Waals surface area contributed by atoms with E-state index in [1.165, 1.54) is 19.3 Å². The topological polar surface area (TPSA) is 58.6 Å². The van der Waals surface area contributed by atoms with E-state index in [4.69, 9.17) is 9.84 Å². The van der Waals surface area contributed by atoms with Crippen LogP contribution in [0.4, 0.5) is 0 Å². The first-order valence-electron chi connectivity index (χ1n) is 7.91. The van der Waals surface area contributed by atoms with Crippen LogP contribution in [-0.2, 0) is 9.53 Å². The molecule has 0 aromatic heterocycles. The van der Waals surface area contributed by atoms with Gasteiger partial charge in [-0.3, -0.25) is 4.79 Å². The monoisotopic (exact) mass is 285 g/mol. The van der Waals surface area contributed by atoms with E-state index in [0.717, 1.165) is 31.3 Å². The minimum Gasteiger partial charge on any atom is -0.480 e. The lowest BCUT2D eigenvalue weighted by atomic mass is 9.82. The second-order valence-electron chi connectivity index (χ2n) is 6.75. The standard InChI is InChI=1S/C16H31NO3/c1-12-9-13(2)11-14(10-12)20-8-6-5-7-16(3,17-4)15(18)19/h12-14,17H,5-11H2,1-4H3,(H,18,19). The Morgan fingerprint density at radius 1 is 1.25 bits per heavy atom. The molecule has 0 aliphatic heterocycles. The van der Waals surface area contributed by atoms with Gasteiger partial charge in [-0.2, -0.15) is 0 Å². The predicted octanol–water partition coefficient (Wildman–Crippen LogP) is 3.06. The van der Waals surface area contributed by atoms with Crippen molar-refractivity contribution in [1.29, 1.82) is 0 Å². The zero-order valence-electron chi connectivity index (χ0n) is 13.4. The third-order valence-corrected chi connectivity index (χ3v) is 4.58. The number of ether oxygens (including phenoxy) is 1. The van der Waals surface area contributed by atoms with E-state index in [1.807, 2.05) is 0 Å². The fraction of sp³-hybridized carbons (Fsp3) is 0.938. The number of hydrogen-bond acceptors (Lipinski definition) is 3. The summed E-state index contributed by atoms with van der Waals surface area (Å²) in [5.74, 6) is 0.752. The normalized spacial score (nSPS) is 29.9. The van der Waals surface area contributed by atoms with Gasteiger partial charge in [0, 0.05) is 6.61 Å². The average Bonchev–Trinajstić information content (AvgIpc) is 2.36. The Bertz CT molecular complexity index is 298. The number of hydrogen-bond donors (Lipinski definition) is 2. The van der Waals surface area contributed by atoms with Gasteiger partial charge in [-0.15, -0.1) is 0 Å². The highest BCUT2D eigenvalue weighted by molar-refractivity contribution is 5.78. The summed E-state index contributed by atoms with van der Waals surface area (Å²) in [6, 6.07) is 0. The zero-order valence-corrected chi connectivity index (χ0v) is 13.4. The lowest BCUT2D eigenvalue weighted by Gasteiger charge is -2.31. The zero-order chi connectivity index (χ0) is 15.2. The molecule has 1 saturated carbocycles. The summed E-state index contributed by atoms with van der Waals surface area (Å²) in [5, 5.41) is 12.0. The molecule has 0 amide bonds. The van der Waals surface area contributed by atoms with Gasteiger partial charge in [-0.1, -0.05) is 13.8 Å². The number of carbonyl (C=O) groups is 1. The van der Waals surface area contributed by atoms with Crippen LogP contribution in [0.1, 0.15) is 59.3 Å². The van der Waals surface area contributed by atoms with Gasteiger partial charge in [0.2, 0.25) is 0 Å². The quantitative estimate of drug-likeness (QED) is 0.673. The van der Waals surface area contributed by atoms with E-state index in [0.29, 0.717) is 12.5 Å². The molecule has 1 aliphatic rings. The minimum absolute atomic E-state index is 0.406. The number of aliphatic carboxylic acids is 1. The van der Waals surface area contributed by atoms with Crippen LogP contribution in [0, 0.1) is 11.8 Å². The average molecular weight is 285 g/mol. The summed E-state index contributed by atoms with van der Waals surface area (Å²) in [7, 11) is 1.70. The highest BCUT2D eigenvalue weighted by atomic mass is 16.5. The molecule has 0 bridgehead atoms. The molecule has 1 rings (SSSR count). The Morgan fingerprint density at radius 3 is 2.35 bits per heavy atom. The second kappa shape index (κ2) is 7.99. The maximum absolute atomic E-state index is 11.1. The Balaban J connectivity index is 2.17. The highest BCUT2D eigenvalue weighted by Crippen LogP contribution is 2.30. The molecule has 0 saturated heterocycles. The van der Waals surface area contributed by atoms with Gasteiger partial charge in [0.15, 0.2) is 0 Å². The van der Waals surface area contributed by atoms with Gasteiger partial charge in [0.1, 0.15) is 5.54 Å². The minimum atomic E-state index is -0.812. The van der Waals surface area contributed by atoms with Crippen LogP contribution >= 0.6 is 0 Å². The number of carboxylic acids is 1. The summed E-state index contributed by atoms with van der Waals surface area (Å²) in [6.45, 7) is 7.10. The fourth-order valence-electron chi connectivity index (χ4n) is 3.18. The molecular weight excluding hydrogens is 254 g/mol. The van der Waals surface area contributed by atoms with Crippen LogP contribution in [0.25, 0.3) is 0 Å². The van der Waals surface area contributed by atoms with Crippen LogP contribution in [0.15, 0.2) is 0 Å². The molecule has 0 aromatic rings. The highest BCUT2D eigenvalue weighted by Gasteiger charge is 2.30. The number of likely N-dealkylation sites (N-methyl/N-ethyl adjacent to an activating group) is 1. The van der Waals surface area contributed by atoms with Crippen molar-refractivity contribution >= 4 is 5.97 Å². The van der Waals surface area contributed by atoms with Crippen LogP contribution in [0.3, 0.4) is 0 Å². The third-order valence-electron chi connectivity index (χ3n) is 4.58. The number of rotatable bonds is 8. The number of carboxylic acid groups (broad SMARTS) is 1. The van der Waals surface area contributed by atoms with Crippen molar-refractivity contribution in [3.05, 3.63) is 0 Å². The first-order chi connectivity index (χ1) is 9.37. The Hall–Kier alpha value is -0.610. The molecule has 4 nitrogen and oxygen atoms in total. The van der Waals surface area contributed by atoms with Crippen molar-refractivity contribution in [2.75, 3.05) is 13.7 Å². The van der Waals surface area contributed by atoms with E-state index in [1.54, 1.807) is 14.0 Å². The Labute approximate surface area is 123 Å².